The molecule has 0 saturated carbocycles. The lowest BCUT2D eigenvalue weighted by Gasteiger charge is -2.01. The van der Waals surface area contributed by atoms with Crippen molar-refractivity contribution in [3.63, 3.8) is 0 Å². The van der Waals surface area contributed by atoms with Crippen LogP contribution in [0.25, 0.3) is 30.9 Å². The van der Waals surface area contributed by atoms with Crippen LogP contribution in [0.15, 0.2) is 36.4 Å². The molecule has 0 aliphatic carbocycles. The minimum atomic E-state index is 1.39. The van der Waals surface area contributed by atoms with Crippen molar-refractivity contribution in [1.82, 2.24) is 0 Å². The van der Waals surface area contributed by atoms with Crippen LogP contribution in [-0.4, -0.2) is 0 Å². The summed E-state index contributed by atoms with van der Waals surface area (Å²) >= 11 is 3.76. The summed E-state index contributed by atoms with van der Waals surface area (Å²) in [5, 5.41) is 5.59. The molecule has 2 aromatic carbocycles. The van der Waals surface area contributed by atoms with Gasteiger partial charge in [0.1, 0.15) is 0 Å². The Morgan fingerprint density at radius 2 is 1.06 bits per heavy atom. The standard InChI is InChI=1S/C16H12S2/c1-9-7-13-11-4-6-16-14(8-10(2)18-16)12(11)3-5-15(13)17-9/h3-8H,1-2H3. The highest BCUT2D eigenvalue weighted by atomic mass is 32.1. The number of benzene rings is 2. The number of fused-ring (bicyclic) bond motifs is 5. The predicted octanol–water partition coefficient (Wildman–Crippen LogP) is 5.89. The van der Waals surface area contributed by atoms with Gasteiger partial charge in [-0.05, 0) is 48.9 Å². The molecule has 0 nitrogen and oxygen atoms in total. The fraction of sp³-hybridized carbons (Fsp3) is 0.125. The van der Waals surface area contributed by atoms with Crippen molar-refractivity contribution < 1.29 is 0 Å². The summed E-state index contributed by atoms with van der Waals surface area (Å²) in [4.78, 5) is 2.78. The Hall–Kier alpha value is -1.38. The molecule has 0 amide bonds. The molecule has 0 aliphatic heterocycles. The minimum absolute atomic E-state index is 1.39. The summed E-state index contributed by atoms with van der Waals surface area (Å²) in [6.45, 7) is 4.37. The Morgan fingerprint density at radius 1 is 0.611 bits per heavy atom. The van der Waals surface area contributed by atoms with Crippen molar-refractivity contribution in [2.24, 2.45) is 0 Å². The van der Waals surface area contributed by atoms with E-state index in [1.165, 1.54) is 40.7 Å². The highest BCUT2D eigenvalue weighted by Gasteiger charge is 2.08. The largest absolute Gasteiger partial charge is 0.141 e. The lowest BCUT2D eigenvalue weighted by Crippen LogP contribution is -1.73. The first kappa shape index (κ1) is 10.5. The van der Waals surface area contributed by atoms with Crippen LogP contribution in [0.2, 0.25) is 0 Å². The molecule has 0 unspecified atom stereocenters. The van der Waals surface area contributed by atoms with E-state index in [-0.39, 0.29) is 0 Å². The third-order valence-corrected chi connectivity index (χ3v) is 5.47. The van der Waals surface area contributed by atoms with E-state index in [0.717, 1.165) is 0 Å². The number of hydrogen-bond donors (Lipinski definition) is 0. The van der Waals surface area contributed by atoms with E-state index >= 15 is 0 Å². The zero-order chi connectivity index (χ0) is 12.3. The van der Waals surface area contributed by atoms with E-state index in [0.29, 0.717) is 0 Å². The van der Waals surface area contributed by atoms with E-state index in [4.69, 9.17) is 0 Å². The fourth-order valence-electron chi connectivity index (χ4n) is 2.70. The van der Waals surface area contributed by atoms with E-state index in [2.05, 4.69) is 50.2 Å². The van der Waals surface area contributed by atoms with Gasteiger partial charge >= 0.3 is 0 Å². The SMILES string of the molecule is Cc1cc2c(ccc3c4cc(C)sc4ccc23)s1. The smallest absolute Gasteiger partial charge is 0.0352 e. The molecular formula is C16H12S2. The summed E-state index contributed by atoms with van der Waals surface area (Å²) in [5.41, 5.74) is 0. The van der Waals surface area contributed by atoms with Crippen molar-refractivity contribution >= 4 is 53.6 Å². The molecular weight excluding hydrogens is 256 g/mol. The van der Waals surface area contributed by atoms with Crippen LogP contribution in [0.4, 0.5) is 0 Å². The highest BCUT2D eigenvalue weighted by molar-refractivity contribution is 7.19. The molecule has 2 aromatic heterocycles. The molecule has 88 valence electrons. The molecule has 0 N–H and O–H groups in total. The summed E-state index contributed by atoms with van der Waals surface area (Å²) in [5.74, 6) is 0. The molecule has 2 heteroatoms. The average Bonchev–Trinajstić information content (AvgIpc) is 2.89. The number of aryl methyl sites for hydroxylation is 2. The first-order valence-corrected chi connectivity index (χ1v) is 7.68. The van der Waals surface area contributed by atoms with Crippen molar-refractivity contribution in [2.45, 2.75) is 13.8 Å². The molecule has 0 saturated heterocycles. The Balaban J connectivity index is 2.29. The second-order valence-electron chi connectivity index (χ2n) is 4.76. The third kappa shape index (κ3) is 1.36. The monoisotopic (exact) mass is 268 g/mol. The number of rotatable bonds is 0. The fourth-order valence-corrected chi connectivity index (χ4v) is 4.58. The van der Waals surface area contributed by atoms with E-state index in [9.17, 15) is 0 Å². The van der Waals surface area contributed by atoms with E-state index in [1.54, 1.807) is 0 Å². The van der Waals surface area contributed by atoms with Gasteiger partial charge in [0.05, 0.1) is 0 Å². The van der Waals surface area contributed by atoms with Gasteiger partial charge in [0.25, 0.3) is 0 Å². The van der Waals surface area contributed by atoms with Gasteiger partial charge in [-0.25, -0.2) is 0 Å². The van der Waals surface area contributed by atoms with Gasteiger partial charge in [0.2, 0.25) is 0 Å². The van der Waals surface area contributed by atoms with Gasteiger partial charge < -0.3 is 0 Å². The maximum absolute atomic E-state index is 2.31. The molecule has 4 aromatic rings. The Labute approximate surface area is 113 Å². The first-order valence-electron chi connectivity index (χ1n) is 6.04. The van der Waals surface area contributed by atoms with Crippen LogP contribution >= 0.6 is 22.7 Å². The Bertz CT molecular complexity index is 818. The zero-order valence-corrected chi connectivity index (χ0v) is 11.9. The molecule has 0 fully saturated rings. The van der Waals surface area contributed by atoms with Gasteiger partial charge in [-0.1, -0.05) is 12.1 Å². The van der Waals surface area contributed by atoms with Gasteiger partial charge in [0, 0.05) is 29.9 Å². The molecule has 4 rings (SSSR count). The second kappa shape index (κ2) is 3.56. The quantitative estimate of drug-likeness (QED) is 0.373. The lowest BCUT2D eigenvalue weighted by atomic mass is 10.0. The van der Waals surface area contributed by atoms with Gasteiger partial charge in [-0.2, -0.15) is 0 Å². The van der Waals surface area contributed by atoms with Crippen molar-refractivity contribution in [2.75, 3.05) is 0 Å². The molecule has 18 heavy (non-hydrogen) atoms. The topological polar surface area (TPSA) is 0 Å². The predicted molar refractivity (Wildman–Crippen MR) is 84.2 cm³/mol. The molecule has 2 heterocycles. The minimum Gasteiger partial charge on any atom is -0.141 e. The van der Waals surface area contributed by atoms with Crippen molar-refractivity contribution in [1.29, 1.82) is 0 Å². The Kier molecular flexibility index (Phi) is 2.08. The van der Waals surface area contributed by atoms with Crippen LogP contribution in [-0.2, 0) is 0 Å². The first-order chi connectivity index (χ1) is 8.72. The maximum Gasteiger partial charge on any atom is 0.0352 e. The normalized spacial score (nSPS) is 11.9. The van der Waals surface area contributed by atoms with Crippen molar-refractivity contribution in [3.8, 4) is 0 Å². The lowest BCUT2D eigenvalue weighted by molar-refractivity contribution is 1.66. The van der Waals surface area contributed by atoms with Crippen LogP contribution in [0.5, 0.6) is 0 Å². The molecule has 0 radical (unpaired) electrons. The highest BCUT2D eigenvalue weighted by Crippen LogP contribution is 2.37. The summed E-state index contributed by atoms with van der Waals surface area (Å²) in [6.07, 6.45) is 0. The molecule has 0 atom stereocenters. The van der Waals surface area contributed by atoms with Gasteiger partial charge in [-0.3, -0.25) is 0 Å². The average molecular weight is 268 g/mol. The number of hydrogen-bond acceptors (Lipinski definition) is 2. The molecule has 0 aliphatic rings. The van der Waals surface area contributed by atoms with Crippen molar-refractivity contribution in [3.05, 3.63) is 46.2 Å². The van der Waals surface area contributed by atoms with Crippen LogP contribution in [0.1, 0.15) is 9.75 Å². The summed E-state index contributed by atoms with van der Waals surface area (Å²) in [6, 6.07) is 13.7. The van der Waals surface area contributed by atoms with Gasteiger partial charge in [-0.15, -0.1) is 22.7 Å². The third-order valence-electron chi connectivity index (χ3n) is 3.44. The summed E-state index contributed by atoms with van der Waals surface area (Å²) in [7, 11) is 0. The summed E-state index contributed by atoms with van der Waals surface area (Å²) < 4.78 is 2.79. The van der Waals surface area contributed by atoms with Crippen LogP contribution < -0.4 is 0 Å². The van der Waals surface area contributed by atoms with Gasteiger partial charge in [0.15, 0.2) is 0 Å². The molecule has 0 spiro atoms. The zero-order valence-electron chi connectivity index (χ0n) is 10.3. The van der Waals surface area contributed by atoms with E-state index < -0.39 is 0 Å². The second-order valence-corrected chi connectivity index (χ2v) is 7.34. The maximum atomic E-state index is 2.31. The Morgan fingerprint density at radius 3 is 1.50 bits per heavy atom. The number of thiophene rings is 2. The molecule has 0 bridgehead atoms. The van der Waals surface area contributed by atoms with E-state index in [1.807, 2.05) is 22.7 Å². The van der Waals surface area contributed by atoms with Crippen LogP contribution in [0, 0.1) is 13.8 Å². The van der Waals surface area contributed by atoms with Crippen LogP contribution in [0.3, 0.4) is 0 Å².